The molecule has 0 unspecified atom stereocenters. The summed E-state index contributed by atoms with van der Waals surface area (Å²) in [4.78, 5) is 39.0. The van der Waals surface area contributed by atoms with Gasteiger partial charge in [0.25, 0.3) is 11.2 Å². The number of rotatable bonds is 8. The fourth-order valence-electron chi connectivity index (χ4n) is 3.48. The van der Waals surface area contributed by atoms with Crippen LogP contribution < -0.4 is 10.3 Å². The van der Waals surface area contributed by atoms with Gasteiger partial charge in [0.05, 0.1) is 27.0 Å². The van der Waals surface area contributed by atoms with Gasteiger partial charge in [-0.2, -0.15) is 9.78 Å². The molecule has 0 aliphatic carbocycles. The lowest BCUT2D eigenvalue weighted by atomic mass is 10.2. The zero-order chi connectivity index (χ0) is 25.8. The van der Waals surface area contributed by atoms with Crippen molar-refractivity contribution >= 4 is 44.4 Å². The highest BCUT2D eigenvalue weighted by Gasteiger charge is 2.19. The average molecular weight is 552 g/mol. The molecule has 0 aliphatic heterocycles. The first kappa shape index (κ1) is 24.7. The number of benzene rings is 3. The van der Waals surface area contributed by atoms with E-state index in [0.29, 0.717) is 33.2 Å². The number of aromatic nitrogens is 2. The van der Waals surface area contributed by atoms with E-state index in [1.165, 1.54) is 42.6 Å². The third kappa shape index (κ3) is 5.13. The van der Waals surface area contributed by atoms with Crippen molar-refractivity contribution in [2.75, 3.05) is 0 Å². The molecule has 0 atom stereocenters. The molecule has 12 heteroatoms. The van der Waals surface area contributed by atoms with Crippen LogP contribution >= 0.6 is 15.9 Å². The number of halogens is 1. The molecule has 36 heavy (non-hydrogen) atoms. The highest BCUT2D eigenvalue weighted by atomic mass is 79.9. The van der Waals surface area contributed by atoms with E-state index in [9.17, 15) is 25.0 Å². The first-order chi connectivity index (χ1) is 17.3. The zero-order valence-electron chi connectivity index (χ0n) is 18.8. The Labute approximate surface area is 212 Å². The molecule has 0 aliphatic rings. The summed E-state index contributed by atoms with van der Waals surface area (Å²) in [5, 5.41) is 27.2. The van der Waals surface area contributed by atoms with Crippen molar-refractivity contribution in [2.45, 2.75) is 20.0 Å². The Morgan fingerprint density at radius 3 is 2.50 bits per heavy atom. The number of fused-ring (bicyclic) bond motifs is 1. The molecule has 0 fully saturated rings. The van der Waals surface area contributed by atoms with E-state index in [0.717, 1.165) is 4.68 Å². The fourth-order valence-corrected chi connectivity index (χ4v) is 3.84. The van der Waals surface area contributed by atoms with Gasteiger partial charge in [-0.05, 0) is 42.0 Å². The van der Waals surface area contributed by atoms with Crippen molar-refractivity contribution < 1.29 is 14.6 Å². The Morgan fingerprint density at radius 2 is 1.83 bits per heavy atom. The van der Waals surface area contributed by atoms with Crippen LogP contribution in [0.5, 0.6) is 5.75 Å². The summed E-state index contributed by atoms with van der Waals surface area (Å²) in [5.74, 6) is 0.372. The summed E-state index contributed by atoms with van der Waals surface area (Å²) in [5.41, 5.74) is 0.641. The second-order valence-corrected chi connectivity index (χ2v) is 8.49. The van der Waals surface area contributed by atoms with Crippen LogP contribution in [0.2, 0.25) is 0 Å². The molecule has 0 saturated heterocycles. The maximum absolute atomic E-state index is 13.1. The van der Waals surface area contributed by atoms with Gasteiger partial charge in [-0.3, -0.25) is 25.0 Å². The largest absolute Gasteiger partial charge is 0.481 e. The number of non-ortho nitro benzene ring substituents is 1. The third-order valence-corrected chi connectivity index (χ3v) is 5.75. The van der Waals surface area contributed by atoms with E-state index >= 15 is 0 Å². The number of para-hydroxylation sites is 1. The van der Waals surface area contributed by atoms with E-state index in [-0.39, 0.29) is 34.9 Å². The molecule has 0 radical (unpaired) electrons. The SMILES string of the molecule is CCc1nc2ccc(Br)cc2c(=O)n1N=Cc1cccc([N+](=O)[O-])c1OCc1ccc([N+](=O)[O-])cc1. The van der Waals surface area contributed by atoms with Crippen molar-refractivity contribution in [1.29, 1.82) is 0 Å². The fraction of sp³-hybridized carbons (Fsp3) is 0.125. The number of nitro benzene ring substituents is 2. The van der Waals surface area contributed by atoms with Crippen LogP contribution in [0.25, 0.3) is 10.9 Å². The Kier molecular flexibility index (Phi) is 7.15. The number of nitrogens with zero attached hydrogens (tertiary/aromatic N) is 5. The molecule has 1 heterocycles. The highest BCUT2D eigenvalue weighted by molar-refractivity contribution is 9.10. The number of aryl methyl sites for hydroxylation is 1. The van der Waals surface area contributed by atoms with Gasteiger partial charge in [-0.25, -0.2) is 4.98 Å². The average Bonchev–Trinajstić information content (AvgIpc) is 2.87. The van der Waals surface area contributed by atoms with E-state index in [1.54, 1.807) is 24.3 Å². The van der Waals surface area contributed by atoms with Crippen LogP contribution in [0.4, 0.5) is 11.4 Å². The predicted molar refractivity (Wildman–Crippen MR) is 137 cm³/mol. The Morgan fingerprint density at radius 1 is 1.08 bits per heavy atom. The monoisotopic (exact) mass is 551 g/mol. The van der Waals surface area contributed by atoms with Crippen LogP contribution in [0, 0.1) is 20.2 Å². The van der Waals surface area contributed by atoms with Gasteiger partial charge in [-0.15, -0.1) is 0 Å². The molecule has 0 spiro atoms. The lowest BCUT2D eigenvalue weighted by Crippen LogP contribution is -2.22. The maximum atomic E-state index is 13.1. The van der Waals surface area contributed by atoms with Crippen LogP contribution in [-0.4, -0.2) is 25.7 Å². The molecular formula is C24H18BrN5O6. The summed E-state index contributed by atoms with van der Waals surface area (Å²) >= 11 is 3.35. The van der Waals surface area contributed by atoms with Gasteiger partial charge in [-0.1, -0.05) is 28.9 Å². The standard InChI is InChI=1S/C24H18BrN5O6/c1-2-22-27-20-11-8-17(25)12-19(20)24(31)28(22)26-13-16-4-3-5-21(30(34)35)23(16)36-14-15-6-9-18(10-7-15)29(32)33/h3-13H,2,14H2,1H3. The second kappa shape index (κ2) is 10.4. The highest BCUT2D eigenvalue weighted by Crippen LogP contribution is 2.31. The van der Waals surface area contributed by atoms with Gasteiger partial charge < -0.3 is 4.74 Å². The minimum absolute atomic E-state index is 0.0489. The Hall–Kier alpha value is -4.45. The number of hydrogen-bond acceptors (Lipinski definition) is 8. The van der Waals surface area contributed by atoms with Gasteiger partial charge in [0, 0.05) is 34.7 Å². The summed E-state index contributed by atoms with van der Waals surface area (Å²) < 4.78 is 7.64. The van der Waals surface area contributed by atoms with Crippen molar-refractivity contribution in [3.05, 3.63) is 113 Å². The normalized spacial score (nSPS) is 11.2. The molecular weight excluding hydrogens is 534 g/mol. The van der Waals surface area contributed by atoms with Gasteiger partial charge in [0.15, 0.2) is 0 Å². The van der Waals surface area contributed by atoms with Gasteiger partial charge in [0.1, 0.15) is 12.4 Å². The first-order valence-corrected chi connectivity index (χ1v) is 11.5. The molecule has 0 bridgehead atoms. The molecule has 182 valence electrons. The molecule has 4 rings (SSSR count). The lowest BCUT2D eigenvalue weighted by molar-refractivity contribution is -0.386. The van der Waals surface area contributed by atoms with Crippen LogP contribution in [0.1, 0.15) is 23.9 Å². The minimum Gasteiger partial charge on any atom is -0.481 e. The van der Waals surface area contributed by atoms with Gasteiger partial charge >= 0.3 is 5.69 Å². The number of ether oxygens (including phenoxy) is 1. The van der Waals surface area contributed by atoms with E-state index in [2.05, 4.69) is 26.0 Å². The first-order valence-electron chi connectivity index (χ1n) is 10.7. The lowest BCUT2D eigenvalue weighted by Gasteiger charge is -2.11. The molecule has 1 aromatic heterocycles. The van der Waals surface area contributed by atoms with E-state index in [1.807, 2.05) is 6.92 Å². The summed E-state index contributed by atoms with van der Waals surface area (Å²) in [6.45, 7) is 1.76. The van der Waals surface area contributed by atoms with Crippen molar-refractivity contribution in [2.24, 2.45) is 5.10 Å². The molecule has 0 N–H and O–H groups in total. The zero-order valence-corrected chi connectivity index (χ0v) is 20.4. The molecule has 3 aromatic carbocycles. The molecule has 4 aromatic rings. The Balaban J connectivity index is 1.72. The predicted octanol–water partition coefficient (Wildman–Crippen LogP) is 5.00. The number of nitro groups is 2. The molecule has 0 saturated carbocycles. The van der Waals surface area contributed by atoms with Crippen molar-refractivity contribution in [3.8, 4) is 5.75 Å². The Bertz CT molecular complexity index is 1570. The topological polar surface area (TPSA) is 143 Å². The number of hydrogen-bond donors (Lipinski definition) is 0. The van der Waals surface area contributed by atoms with Crippen LogP contribution in [-0.2, 0) is 13.0 Å². The summed E-state index contributed by atoms with van der Waals surface area (Å²) in [7, 11) is 0. The van der Waals surface area contributed by atoms with E-state index in [4.69, 9.17) is 4.74 Å². The summed E-state index contributed by atoms with van der Waals surface area (Å²) in [6, 6.07) is 15.2. The molecule has 11 nitrogen and oxygen atoms in total. The van der Waals surface area contributed by atoms with Gasteiger partial charge in [0.2, 0.25) is 5.75 Å². The van der Waals surface area contributed by atoms with Crippen LogP contribution in [0.3, 0.4) is 0 Å². The van der Waals surface area contributed by atoms with Crippen LogP contribution in [0.15, 0.2) is 75.0 Å². The summed E-state index contributed by atoms with van der Waals surface area (Å²) in [6.07, 6.45) is 1.74. The second-order valence-electron chi connectivity index (χ2n) is 7.57. The van der Waals surface area contributed by atoms with Crippen molar-refractivity contribution in [1.82, 2.24) is 9.66 Å². The van der Waals surface area contributed by atoms with E-state index < -0.39 is 9.85 Å². The third-order valence-electron chi connectivity index (χ3n) is 5.26. The van der Waals surface area contributed by atoms with Crippen molar-refractivity contribution in [3.63, 3.8) is 0 Å². The maximum Gasteiger partial charge on any atom is 0.311 e. The molecule has 0 amide bonds. The minimum atomic E-state index is -0.582. The smallest absolute Gasteiger partial charge is 0.311 e. The quantitative estimate of drug-likeness (QED) is 0.170.